The normalized spacial score (nSPS) is 14.4. The van der Waals surface area contributed by atoms with Gasteiger partial charge < -0.3 is 25.3 Å². The quantitative estimate of drug-likeness (QED) is 0.284. The summed E-state index contributed by atoms with van der Waals surface area (Å²) in [6.07, 6.45) is 0. The Bertz CT molecular complexity index is 1750. The minimum atomic E-state index is -4.03. The van der Waals surface area contributed by atoms with Gasteiger partial charge >= 0.3 is 0 Å². The number of sulfone groups is 1. The molecule has 1 aliphatic heterocycles. The fourth-order valence-electron chi connectivity index (χ4n) is 4.77. The van der Waals surface area contributed by atoms with Gasteiger partial charge in [0.2, 0.25) is 15.7 Å². The van der Waals surface area contributed by atoms with E-state index in [-0.39, 0.29) is 33.6 Å². The molecule has 2 amide bonds. The van der Waals surface area contributed by atoms with Crippen LogP contribution in [-0.4, -0.2) is 94.1 Å². The number of piperazine rings is 1. The van der Waals surface area contributed by atoms with Crippen LogP contribution >= 0.6 is 0 Å². The van der Waals surface area contributed by atoms with Crippen LogP contribution in [0.4, 0.5) is 21.6 Å². The van der Waals surface area contributed by atoms with Crippen molar-refractivity contribution in [2.24, 2.45) is 0 Å². The molecule has 220 valence electrons. The summed E-state index contributed by atoms with van der Waals surface area (Å²) in [7, 11) is 1.59. The van der Waals surface area contributed by atoms with E-state index >= 15 is 0 Å². The van der Waals surface area contributed by atoms with Gasteiger partial charge in [-0.3, -0.25) is 14.7 Å². The number of nitrogens with zero attached hydrogens (tertiary/aromatic N) is 4. The molecular formula is C29H32FN7O4S. The number of hydrogen-bond acceptors (Lipinski definition) is 8. The van der Waals surface area contributed by atoms with Crippen molar-refractivity contribution in [1.82, 2.24) is 20.0 Å². The van der Waals surface area contributed by atoms with Crippen LogP contribution in [0, 0.1) is 5.82 Å². The molecule has 2 heterocycles. The standard InChI is InChI=1S/C29H32FN7O4S/c1-35(2)18-27(38)31-26-16-20(37-13-11-36(3)12-14-37)7-9-23(26)29(39)32-28-24-17-22(8-10-25(24)33-34-28)42(40,41)21-6-4-5-19(30)15-21/h4-10,15-17H,11-14,18H2,1-3H3,(H,31,38)(H2,32,33,34,39). The van der Waals surface area contributed by atoms with Crippen LogP contribution in [0.3, 0.4) is 0 Å². The lowest BCUT2D eigenvalue weighted by molar-refractivity contribution is -0.116. The van der Waals surface area contributed by atoms with Crippen LogP contribution in [0.25, 0.3) is 10.9 Å². The Kier molecular flexibility index (Phi) is 8.25. The Labute approximate surface area is 243 Å². The van der Waals surface area contributed by atoms with E-state index in [2.05, 4.69) is 37.7 Å². The summed E-state index contributed by atoms with van der Waals surface area (Å²) in [6, 6.07) is 14.4. The molecule has 1 saturated heterocycles. The summed E-state index contributed by atoms with van der Waals surface area (Å²) in [4.78, 5) is 32.1. The van der Waals surface area contributed by atoms with Gasteiger partial charge in [0, 0.05) is 37.3 Å². The number of fused-ring (bicyclic) bond motifs is 1. The lowest BCUT2D eigenvalue weighted by atomic mass is 10.1. The molecule has 3 aromatic carbocycles. The zero-order chi connectivity index (χ0) is 30.0. The number of halogens is 1. The largest absolute Gasteiger partial charge is 0.369 e. The molecule has 11 nitrogen and oxygen atoms in total. The van der Waals surface area contributed by atoms with Gasteiger partial charge in [0.15, 0.2) is 5.82 Å². The highest BCUT2D eigenvalue weighted by Gasteiger charge is 2.23. The molecule has 1 aliphatic rings. The van der Waals surface area contributed by atoms with Crippen LogP contribution in [0.5, 0.6) is 0 Å². The fourth-order valence-corrected chi connectivity index (χ4v) is 6.09. The fraction of sp³-hybridized carbons (Fsp3) is 0.276. The molecule has 42 heavy (non-hydrogen) atoms. The maximum Gasteiger partial charge on any atom is 0.258 e. The zero-order valence-electron chi connectivity index (χ0n) is 23.5. The molecule has 4 aromatic rings. The molecule has 0 atom stereocenters. The highest BCUT2D eigenvalue weighted by Crippen LogP contribution is 2.30. The maximum absolute atomic E-state index is 13.7. The molecule has 0 saturated carbocycles. The highest BCUT2D eigenvalue weighted by molar-refractivity contribution is 7.91. The zero-order valence-corrected chi connectivity index (χ0v) is 24.3. The molecule has 0 unspecified atom stereocenters. The van der Waals surface area contributed by atoms with E-state index in [0.717, 1.165) is 37.9 Å². The molecular weight excluding hydrogens is 561 g/mol. The Hall–Kier alpha value is -4.33. The van der Waals surface area contributed by atoms with Crippen LogP contribution < -0.4 is 15.5 Å². The van der Waals surface area contributed by atoms with Gasteiger partial charge in [-0.05, 0) is 75.7 Å². The number of aromatic nitrogens is 2. The molecule has 0 spiro atoms. The van der Waals surface area contributed by atoms with Crippen molar-refractivity contribution in [2.45, 2.75) is 9.79 Å². The van der Waals surface area contributed by atoms with Gasteiger partial charge in [-0.25, -0.2) is 12.8 Å². The summed E-state index contributed by atoms with van der Waals surface area (Å²) in [5.74, 6) is -1.37. The number of carbonyl (C=O) groups is 2. The summed E-state index contributed by atoms with van der Waals surface area (Å²) < 4.78 is 40.1. The minimum Gasteiger partial charge on any atom is -0.369 e. The summed E-state index contributed by atoms with van der Waals surface area (Å²) >= 11 is 0. The minimum absolute atomic E-state index is 0.0781. The number of anilines is 3. The smallest absolute Gasteiger partial charge is 0.258 e. The van der Waals surface area contributed by atoms with Crippen molar-refractivity contribution >= 4 is 49.7 Å². The lowest BCUT2D eigenvalue weighted by Gasteiger charge is -2.34. The first kappa shape index (κ1) is 29.2. The predicted molar refractivity (Wildman–Crippen MR) is 159 cm³/mol. The number of rotatable bonds is 8. The molecule has 1 aromatic heterocycles. The third-order valence-electron chi connectivity index (χ3n) is 7.03. The Morgan fingerprint density at radius 1 is 0.976 bits per heavy atom. The number of aromatic amines is 1. The monoisotopic (exact) mass is 593 g/mol. The second-order valence-electron chi connectivity index (χ2n) is 10.5. The molecule has 0 aliphatic carbocycles. The first-order valence-electron chi connectivity index (χ1n) is 13.3. The van der Waals surface area contributed by atoms with Crippen molar-refractivity contribution in [2.75, 3.05) is 69.4 Å². The van der Waals surface area contributed by atoms with Gasteiger partial charge in [0.05, 0.1) is 33.1 Å². The van der Waals surface area contributed by atoms with Crippen LogP contribution in [0.2, 0.25) is 0 Å². The first-order valence-corrected chi connectivity index (χ1v) is 14.8. The lowest BCUT2D eigenvalue weighted by Crippen LogP contribution is -2.44. The number of likely N-dealkylation sites (N-methyl/N-ethyl adjacent to an activating group) is 2. The average molecular weight is 594 g/mol. The van der Waals surface area contributed by atoms with Gasteiger partial charge in [0.1, 0.15) is 5.82 Å². The Morgan fingerprint density at radius 2 is 1.71 bits per heavy atom. The number of hydrogen-bond donors (Lipinski definition) is 3. The second-order valence-corrected chi connectivity index (χ2v) is 12.5. The van der Waals surface area contributed by atoms with Crippen LogP contribution in [-0.2, 0) is 14.6 Å². The molecule has 5 rings (SSSR count). The van der Waals surface area contributed by atoms with E-state index in [9.17, 15) is 22.4 Å². The summed E-state index contributed by atoms with van der Waals surface area (Å²) in [5.41, 5.74) is 1.95. The van der Waals surface area contributed by atoms with E-state index in [0.29, 0.717) is 16.6 Å². The van der Waals surface area contributed by atoms with E-state index in [1.807, 2.05) is 6.07 Å². The number of benzene rings is 3. The SMILES string of the molecule is CN(C)CC(=O)Nc1cc(N2CCN(C)CC2)ccc1C(=O)Nc1n[nH]c2ccc(S(=O)(=O)c3cccc(F)c3)cc12. The van der Waals surface area contributed by atoms with Crippen molar-refractivity contribution in [3.63, 3.8) is 0 Å². The van der Waals surface area contributed by atoms with Crippen molar-refractivity contribution in [1.29, 1.82) is 0 Å². The van der Waals surface area contributed by atoms with Gasteiger partial charge in [-0.1, -0.05) is 6.07 Å². The third kappa shape index (κ3) is 6.27. The van der Waals surface area contributed by atoms with E-state index < -0.39 is 21.6 Å². The molecule has 0 radical (unpaired) electrons. The number of carbonyl (C=O) groups excluding carboxylic acids is 2. The third-order valence-corrected chi connectivity index (χ3v) is 8.78. The highest BCUT2D eigenvalue weighted by atomic mass is 32.2. The Morgan fingerprint density at radius 3 is 2.43 bits per heavy atom. The summed E-state index contributed by atoms with van der Waals surface area (Å²) in [6.45, 7) is 3.55. The second kappa shape index (κ2) is 11.9. The topological polar surface area (TPSA) is 131 Å². The van der Waals surface area contributed by atoms with Crippen LogP contribution in [0.1, 0.15) is 10.4 Å². The number of amides is 2. The number of nitrogens with one attached hydrogen (secondary N) is 3. The van der Waals surface area contributed by atoms with E-state index in [4.69, 9.17) is 0 Å². The molecule has 13 heteroatoms. The summed E-state index contributed by atoms with van der Waals surface area (Å²) in [5, 5.41) is 12.9. The van der Waals surface area contributed by atoms with Gasteiger partial charge in [-0.2, -0.15) is 5.10 Å². The molecule has 1 fully saturated rings. The average Bonchev–Trinajstić information content (AvgIpc) is 3.34. The molecule has 0 bridgehead atoms. The van der Waals surface area contributed by atoms with Gasteiger partial charge in [-0.15, -0.1) is 0 Å². The van der Waals surface area contributed by atoms with Crippen LogP contribution in [0.15, 0.2) is 70.5 Å². The molecule has 3 N–H and O–H groups in total. The number of H-pyrrole nitrogens is 1. The van der Waals surface area contributed by atoms with Crippen molar-refractivity contribution in [3.05, 3.63) is 72.0 Å². The van der Waals surface area contributed by atoms with E-state index in [1.54, 1.807) is 31.1 Å². The van der Waals surface area contributed by atoms with Gasteiger partial charge in [0.25, 0.3) is 5.91 Å². The van der Waals surface area contributed by atoms with Crippen molar-refractivity contribution in [3.8, 4) is 0 Å². The van der Waals surface area contributed by atoms with Crippen molar-refractivity contribution < 1.29 is 22.4 Å². The Balaban J connectivity index is 1.45. The van der Waals surface area contributed by atoms with E-state index in [1.165, 1.54) is 36.4 Å². The maximum atomic E-state index is 13.7. The first-order chi connectivity index (χ1) is 20.0. The predicted octanol–water partition coefficient (Wildman–Crippen LogP) is 3.04.